The molecule has 0 saturated heterocycles. The minimum Gasteiger partial charge on any atom is -0.395 e. The van der Waals surface area contributed by atoms with Gasteiger partial charge in [-0.1, -0.05) is 30.3 Å². The Morgan fingerprint density at radius 3 is 2.95 bits per heavy atom. The summed E-state index contributed by atoms with van der Waals surface area (Å²) in [6.07, 6.45) is 6.22. The number of rotatable bonds is 5. The van der Waals surface area contributed by atoms with Gasteiger partial charge in [-0.2, -0.15) is 5.10 Å². The van der Waals surface area contributed by atoms with Gasteiger partial charge < -0.3 is 10.4 Å². The van der Waals surface area contributed by atoms with Gasteiger partial charge in [0.15, 0.2) is 0 Å². The predicted molar refractivity (Wildman–Crippen MR) is 83.0 cm³/mol. The molecule has 1 aromatic carbocycles. The van der Waals surface area contributed by atoms with Crippen LogP contribution in [0.3, 0.4) is 0 Å². The Balaban J connectivity index is 1.70. The van der Waals surface area contributed by atoms with Gasteiger partial charge in [0.25, 0.3) is 0 Å². The average Bonchev–Trinajstić information content (AvgIpc) is 2.90. The molecule has 1 unspecified atom stereocenters. The summed E-state index contributed by atoms with van der Waals surface area (Å²) in [7, 11) is 2.01. The molecule has 4 nitrogen and oxygen atoms in total. The lowest BCUT2D eigenvalue weighted by molar-refractivity contribution is 0.225. The molecule has 3 rings (SSSR count). The van der Waals surface area contributed by atoms with Crippen molar-refractivity contribution < 1.29 is 5.11 Å². The van der Waals surface area contributed by atoms with E-state index in [2.05, 4.69) is 22.5 Å². The van der Waals surface area contributed by atoms with Crippen molar-refractivity contribution in [3.05, 3.63) is 53.3 Å². The van der Waals surface area contributed by atoms with Gasteiger partial charge in [0.05, 0.1) is 12.8 Å². The van der Waals surface area contributed by atoms with E-state index in [4.69, 9.17) is 0 Å². The number of hydrogen-bond acceptors (Lipinski definition) is 3. The lowest BCUT2D eigenvalue weighted by Gasteiger charge is -2.28. The normalized spacial score (nSPS) is 19.2. The number of fused-ring (bicyclic) bond motifs is 1. The Kier molecular flexibility index (Phi) is 4.36. The second-order valence-corrected chi connectivity index (χ2v) is 5.85. The lowest BCUT2D eigenvalue weighted by atomic mass is 9.92. The van der Waals surface area contributed by atoms with Crippen molar-refractivity contribution in [2.75, 3.05) is 6.61 Å². The summed E-state index contributed by atoms with van der Waals surface area (Å²) < 4.78 is 1.98. The summed E-state index contributed by atoms with van der Waals surface area (Å²) >= 11 is 0. The lowest BCUT2D eigenvalue weighted by Crippen LogP contribution is -2.38. The minimum atomic E-state index is 0.0866. The van der Waals surface area contributed by atoms with E-state index >= 15 is 0 Å². The standard InChI is InChI=1S/C17H23N3O/c1-20-17-9-5-8-16(15(17)11-18-20)19-14(12-21)10-13-6-3-2-4-7-13/h2-4,6-7,11,14,16,19,21H,5,8-10,12H2,1H3/t14-,16?/m1/s1. The largest absolute Gasteiger partial charge is 0.395 e. The van der Waals surface area contributed by atoms with Gasteiger partial charge in [-0.3, -0.25) is 4.68 Å². The summed E-state index contributed by atoms with van der Waals surface area (Å²) in [5.74, 6) is 0. The monoisotopic (exact) mass is 285 g/mol. The molecule has 0 amide bonds. The molecule has 0 radical (unpaired) electrons. The number of nitrogens with one attached hydrogen (secondary N) is 1. The maximum atomic E-state index is 9.69. The summed E-state index contributed by atoms with van der Waals surface area (Å²) in [6.45, 7) is 0.154. The van der Waals surface area contributed by atoms with Crippen LogP contribution in [0.25, 0.3) is 0 Å². The quantitative estimate of drug-likeness (QED) is 0.883. The molecule has 1 aromatic heterocycles. The third-order valence-corrected chi connectivity index (χ3v) is 4.36. The van der Waals surface area contributed by atoms with Crippen molar-refractivity contribution in [1.82, 2.24) is 15.1 Å². The highest BCUT2D eigenvalue weighted by molar-refractivity contribution is 5.25. The molecule has 0 spiro atoms. The van der Waals surface area contributed by atoms with E-state index in [0.29, 0.717) is 6.04 Å². The minimum absolute atomic E-state index is 0.0866. The van der Waals surface area contributed by atoms with E-state index in [1.54, 1.807) is 0 Å². The van der Waals surface area contributed by atoms with E-state index < -0.39 is 0 Å². The number of benzene rings is 1. The summed E-state index contributed by atoms with van der Waals surface area (Å²) in [6, 6.07) is 10.7. The van der Waals surface area contributed by atoms with Gasteiger partial charge in [-0.15, -0.1) is 0 Å². The van der Waals surface area contributed by atoms with Crippen molar-refractivity contribution in [2.24, 2.45) is 7.05 Å². The first-order chi connectivity index (χ1) is 10.3. The smallest absolute Gasteiger partial charge is 0.0588 e. The van der Waals surface area contributed by atoms with Crippen LogP contribution in [0.1, 0.15) is 35.7 Å². The topological polar surface area (TPSA) is 50.1 Å². The molecular weight excluding hydrogens is 262 g/mol. The zero-order valence-electron chi connectivity index (χ0n) is 12.5. The number of aryl methyl sites for hydroxylation is 1. The third-order valence-electron chi connectivity index (χ3n) is 4.36. The van der Waals surface area contributed by atoms with Crippen LogP contribution in [0.15, 0.2) is 36.5 Å². The fourth-order valence-corrected chi connectivity index (χ4v) is 3.24. The second-order valence-electron chi connectivity index (χ2n) is 5.85. The molecule has 0 fully saturated rings. The highest BCUT2D eigenvalue weighted by atomic mass is 16.3. The summed E-state index contributed by atoms with van der Waals surface area (Å²) in [5.41, 5.74) is 3.89. The molecule has 2 aromatic rings. The molecule has 21 heavy (non-hydrogen) atoms. The Morgan fingerprint density at radius 2 is 2.19 bits per heavy atom. The number of aliphatic hydroxyl groups is 1. The number of aromatic nitrogens is 2. The Labute approximate surface area is 125 Å². The maximum Gasteiger partial charge on any atom is 0.0588 e. The summed E-state index contributed by atoms with van der Waals surface area (Å²) in [4.78, 5) is 0. The van der Waals surface area contributed by atoms with Crippen molar-refractivity contribution in [3.63, 3.8) is 0 Å². The Morgan fingerprint density at radius 1 is 1.38 bits per heavy atom. The van der Waals surface area contributed by atoms with E-state index in [-0.39, 0.29) is 12.6 Å². The van der Waals surface area contributed by atoms with Crippen molar-refractivity contribution in [1.29, 1.82) is 0 Å². The van der Waals surface area contributed by atoms with Crippen LogP contribution in [0.2, 0.25) is 0 Å². The zero-order valence-corrected chi connectivity index (χ0v) is 12.5. The van der Waals surface area contributed by atoms with E-state index in [1.807, 2.05) is 36.1 Å². The van der Waals surface area contributed by atoms with Crippen molar-refractivity contribution >= 4 is 0 Å². The molecule has 0 aliphatic heterocycles. The maximum absolute atomic E-state index is 9.69. The Bertz CT molecular complexity index is 579. The molecule has 1 aliphatic rings. The first-order valence-electron chi connectivity index (χ1n) is 7.69. The number of nitrogens with zero attached hydrogens (tertiary/aromatic N) is 2. The second kappa shape index (κ2) is 6.41. The van der Waals surface area contributed by atoms with Crippen LogP contribution in [0.4, 0.5) is 0 Å². The van der Waals surface area contributed by atoms with Crippen molar-refractivity contribution in [3.8, 4) is 0 Å². The van der Waals surface area contributed by atoms with E-state index in [9.17, 15) is 5.11 Å². The van der Waals surface area contributed by atoms with Crippen molar-refractivity contribution in [2.45, 2.75) is 37.8 Å². The van der Waals surface area contributed by atoms with Gasteiger partial charge in [-0.05, 0) is 31.2 Å². The average molecular weight is 285 g/mol. The molecule has 0 saturated carbocycles. The highest BCUT2D eigenvalue weighted by Crippen LogP contribution is 2.29. The molecule has 4 heteroatoms. The molecule has 112 valence electrons. The predicted octanol–water partition coefficient (Wildman–Crippen LogP) is 1.99. The van der Waals surface area contributed by atoms with Gasteiger partial charge in [-0.25, -0.2) is 0 Å². The SMILES string of the molecule is Cn1ncc2c1CCCC2N[C@@H](CO)Cc1ccccc1. The number of hydrogen-bond donors (Lipinski definition) is 2. The molecule has 2 N–H and O–H groups in total. The molecular formula is C17H23N3O. The molecule has 2 atom stereocenters. The summed E-state index contributed by atoms with van der Waals surface area (Å²) in [5, 5.41) is 17.7. The molecule has 1 aliphatic carbocycles. The van der Waals surface area contributed by atoms with Crippen LogP contribution in [0, 0.1) is 0 Å². The third kappa shape index (κ3) is 3.17. The van der Waals surface area contributed by atoms with Gasteiger partial charge in [0.1, 0.15) is 0 Å². The van der Waals surface area contributed by atoms with Gasteiger partial charge >= 0.3 is 0 Å². The number of aliphatic hydroxyl groups excluding tert-OH is 1. The fourth-order valence-electron chi connectivity index (χ4n) is 3.24. The molecule has 0 bridgehead atoms. The first kappa shape index (κ1) is 14.3. The van der Waals surface area contributed by atoms with Crippen LogP contribution in [-0.2, 0) is 19.9 Å². The van der Waals surface area contributed by atoms with Gasteiger partial charge in [0.2, 0.25) is 0 Å². The highest BCUT2D eigenvalue weighted by Gasteiger charge is 2.25. The van der Waals surface area contributed by atoms with Crippen LogP contribution >= 0.6 is 0 Å². The van der Waals surface area contributed by atoms with Gasteiger partial charge in [0, 0.05) is 30.4 Å². The van der Waals surface area contributed by atoms with E-state index in [1.165, 1.54) is 23.2 Å². The fraction of sp³-hybridized carbons (Fsp3) is 0.471. The Hall–Kier alpha value is -1.65. The molecule has 1 heterocycles. The first-order valence-corrected chi connectivity index (χ1v) is 7.69. The van der Waals surface area contributed by atoms with Crippen LogP contribution in [-0.4, -0.2) is 27.5 Å². The van der Waals surface area contributed by atoms with Crippen LogP contribution in [0.5, 0.6) is 0 Å². The van der Waals surface area contributed by atoms with E-state index in [0.717, 1.165) is 19.3 Å². The van der Waals surface area contributed by atoms with Crippen LogP contribution < -0.4 is 5.32 Å². The zero-order chi connectivity index (χ0) is 14.7.